The third-order valence-corrected chi connectivity index (χ3v) is 5.05. The van der Waals surface area contributed by atoms with Gasteiger partial charge in [-0.2, -0.15) is 0 Å². The van der Waals surface area contributed by atoms with Gasteiger partial charge in [0.15, 0.2) is 6.61 Å². The molecular weight excluding hydrogens is 347 g/mol. The van der Waals surface area contributed by atoms with E-state index < -0.39 is 30.3 Å². The van der Waals surface area contributed by atoms with E-state index in [1.54, 1.807) is 6.07 Å². The van der Waals surface area contributed by atoms with Crippen LogP contribution in [0.4, 0.5) is 9.18 Å². The first-order valence-corrected chi connectivity index (χ1v) is 8.79. The zero-order valence-electron chi connectivity index (χ0n) is 13.3. The summed E-state index contributed by atoms with van der Waals surface area (Å²) in [5.74, 6) is -1.78. The molecular formula is C17H17FN2O4S. The molecule has 0 unspecified atom stereocenters. The molecule has 1 heterocycles. The van der Waals surface area contributed by atoms with Crippen molar-refractivity contribution in [2.75, 3.05) is 6.61 Å². The van der Waals surface area contributed by atoms with Crippen molar-refractivity contribution in [2.24, 2.45) is 0 Å². The van der Waals surface area contributed by atoms with Crippen LogP contribution in [0.25, 0.3) is 10.1 Å². The number of fused-ring (bicyclic) bond motifs is 1. The number of rotatable bonds is 4. The summed E-state index contributed by atoms with van der Waals surface area (Å²) in [6.45, 7) is -0.556. The molecule has 0 atom stereocenters. The molecule has 2 aromatic rings. The van der Waals surface area contributed by atoms with Crippen molar-refractivity contribution in [3.8, 4) is 0 Å². The number of carbonyl (C=O) groups excluding carboxylic acids is 3. The highest BCUT2D eigenvalue weighted by atomic mass is 32.1. The fraction of sp³-hybridized carbons (Fsp3) is 0.353. The van der Waals surface area contributed by atoms with Gasteiger partial charge < -0.3 is 10.1 Å². The minimum atomic E-state index is -0.698. The van der Waals surface area contributed by atoms with Crippen molar-refractivity contribution in [3.05, 3.63) is 35.0 Å². The normalized spacial score (nSPS) is 14.4. The fourth-order valence-corrected chi connectivity index (χ4v) is 3.71. The lowest BCUT2D eigenvalue weighted by Crippen LogP contribution is -2.44. The summed E-state index contributed by atoms with van der Waals surface area (Å²) < 4.78 is 18.8. The Morgan fingerprint density at radius 3 is 2.72 bits per heavy atom. The van der Waals surface area contributed by atoms with Crippen molar-refractivity contribution < 1.29 is 23.5 Å². The highest BCUT2D eigenvalue weighted by Gasteiger charge is 2.19. The Kier molecular flexibility index (Phi) is 5.28. The van der Waals surface area contributed by atoms with Crippen LogP contribution < -0.4 is 10.6 Å². The van der Waals surface area contributed by atoms with E-state index in [2.05, 4.69) is 10.6 Å². The molecule has 3 rings (SSSR count). The minimum absolute atomic E-state index is 0.0919. The van der Waals surface area contributed by atoms with Crippen LogP contribution in [0.2, 0.25) is 0 Å². The molecule has 1 aliphatic rings. The predicted molar refractivity (Wildman–Crippen MR) is 91.0 cm³/mol. The molecule has 1 aromatic heterocycles. The van der Waals surface area contributed by atoms with Gasteiger partial charge in [0.1, 0.15) is 10.7 Å². The van der Waals surface area contributed by atoms with Crippen LogP contribution in [-0.4, -0.2) is 30.6 Å². The highest BCUT2D eigenvalue weighted by molar-refractivity contribution is 7.20. The fourth-order valence-electron chi connectivity index (χ4n) is 2.77. The topological polar surface area (TPSA) is 84.5 Å². The molecule has 1 aliphatic carbocycles. The average molecular weight is 364 g/mol. The smallest absolute Gasteiger partial charge is 0.348 e. The number of hydrogen-bond donors (Lipinski definition) is 2. The first-order chi connectivity index (χ1) is 12.0. The lowest BCUT2D eigenvalue weighted by atomic mass is 10.2. The van der Waals surface area contributed by atoms with Gasteiger partial charge in [-0.3, -0.25) is 10.1 Å². The van der Waals surface area contributed by atoms with E-state index in [4.69, 9.17) is 4.74 Å². The van der Waals surface area contributed by atoms with E-state index >= 15 is 0 Å². The molecule has 0 radical (unpaired) electrons. The largest absolute Gasteiger partial charge is 0.451 e. The van der Waals surface area contributed by atoms with E-state index in [0.717, 1.165) is 41.7 Å². The Bertz CT molecular complexity index is 814. The minimum Gasteiger partial charge on any atom is -0.451 e. The van der Waals surface area contributed by atoms with E-state index in [0.29, 0.717) is 5.39 Å². The van der Waals surface area contributed by atoms with Crippen LogP contribution in [0, 0.1) is 5.82 Å². The van der Waals surface area contributed by atoms with Crippen LogP contribution in [0.1, 0.15) is 35.4 Å². The average Bonchev–Trinajstić information content (AvgIpc) is 3.21. The van der Waals surface area contributed by atoms with Crippen LogP contribution in [0.15, 0.2) is 24.3 Å². The monoisotopic (exact) mass is 364 g/mol. The summed E-state index contributed by atoms with van der Waals surface area (Å²) in [5, 5.41) is 5.44. The molecule has 0 bridgehead atoms. The Balaban J connectivity index is 1.48. The first kappa shape index (κ1) is 17.3. The van der Waals surface area contributed by atoms with E-state index in [9.17, 15) is 18.8 Å². The molecule has 1 saturated carbocycles. The number of ether oxygens (including phenoxy) is 1. The maximum atomic E-state index is 13.2. The zero-order valence-corrected chi connectivity index (χ0v) is 14.2. The van der Waals surface area contributed by atoms with Gasteiger partial charge in [-0.25, -0.2) is 14.0 Å². The number of imide groups is 1. The predicted octanol–water partition coefficient (Wildman–Crippen LogP) is 2.97. The number of urea groups is 1. The number of esters is 1. The van der Waals surface area contributed by atoms with Gasteiger partial charge in [0.25, 0.3) is 5.91 Å². The zero-order chi connectivity index (χ0) is 17.8. The standard InChI is InChI=1S/C17H17FN2O4S/c18-11-5-6-13-10(7-11)8-14(25-13)16(22)24-9-15(21)20-17(23)19-12-3-1-2-4-12/h5-8,12H,1-4,9H2,(H2,19,20,21,23). The van der Waals surface area contributed by atoms with Crippen LogP contribution in [0.5, 0.6) is 0 Å². The van der Waals surface area contributed by atoms with Crippen LogP contribution in [-0.2, 0) is 9.53 Å². The van der Waals surface area contributed by atoms with Crippen molar-refractivity contribution in [1.29, 1.82) is 0 Å². The van der Waals surface area contributed by atoms with Gasteiger partial charge in [0.05, 0.1) is 0 Å². The summed E-state index contributed by atoms with van der Waals surface area (Å²) in [5.41, 5.74) is 0. The third kappa shape index (κ3) is 4.54. The Morgan fingerprint density at radius 2 is 1.96 bits per heavy atom. The molecule has 2 N–H and O–H groups in total. The van der Waals surface area contributed by atoms with Gasteiger partial charge in [0, 0.05) is 10.7 Å². The van der Waals surface area contributed by atoms with Crippen LogP contribution in [0.3, 0.4) is 0 Å². The molecule has 3 amide bonds. The lowest BCUT2D eigenvalue weighted by Gasteiger charge is -2.12. The van der Waals surface area contributed by atoms with E-state index in [1.165, 1.54) is 18.2 Å². The second kappa shape index (κ2) is 7.60. The maximum absolute atomic E-state index is 13.2. The Hall–Kier alpha value is -2.48. The maximum Gasteiger partial charge on any atom is 0.348 e. The molecule has 6 nitrogen and oxygen atoms in total. The molecule has 0 saturated heterocycles. The molecule has 1 aromatic carbocycles. The van der Waals surface area contributed by atoms with Crippen LogP contribution >= 0.6 is 11.3 Å². The Labute approximate surface area is 147 Å². The van der Waals surface area contributed by atoms with Gasteiger partial charge in [-0.1, -0.05) is 12.8 Å². The molecule has 8 heteroatoms. The third-order valence-electron chi connectivity index (χ3n) is 3.96. The van der Waals surface area contributed by atoms with Gasteiger partial charge >= 0.3 is 12.0 Å². The van der Waals surface area contributed by atoms with Crippen molar-refractivity contribution >= 4 is 39.3 Å². The number of carbonyl (C=O) groups is 3. The van der Waals surface area contributed by atoms with Gasteiger partial charge in [-0.15, -0.1) is 11.3 Å². The van der Waals surface area contributed by atoms with Crippen molar-refractivity contribution in [2.45, 2.75) is 31.7 Å². The molecule has 1 fully saturated rings. The summed E-state index contributed by atoms with van der Waals surface area (Å²) in [6.07, 6.45) is 3.94. The highest BCUT2D eigenvalue weighted by Crippen LogP contribution is 2.26. The number of nitrogens with one attached hydrogen (secondary N) is 2. The summed E-state index contributed by atoms with van der Waals surface area (Å²) >= 11 is 1.15. The first-order valence-electron chi connectivity index (χ1n) is 7.98. The summed E-state index contributed by atoms with van der Waals surface area (Å²) in [7, 11) is 0. The van der Waals surface area contributed by atoms with Crippen molar-refractivity contribution in [1.82, 2.24) is 10.6 Å². The van der Waals surface area contributed by atoms with Gasteiger partial charge in [0.2, 0.25) is 0 Å². The Morgan fingerprint density at radius 1 is 1.20 bits per heavy atom. The lowest BCUT2D eigenvalue weighted by molar-refractivity contribution is -0.123. The molecule has 132 valence electrons. The van der Waals surface area contributed by atoms with E-state index in [1.807, 2.05) is 0 Å². The number of thiophene rings is 1. The number of amides is 3. The molecule has 0 aliphatic heterocycles. The summed E-state index contributed by atoms with van der Waals surface area (Å²) in [4.78, 5) is 35.6. The molecule has 0 spiro atoms. The quantitative estimate of drug-likeness (QED) is 0.817. The number of hydrogen-bond acceptors (Lipinski definition) is 5. The number of halogens is 1. The molecule has 25 heavy (non-hydrogen) atoms. The van der Waals surface area contributed by atoms with Crippen molar-refractivity contribution in [3.63, 3.8) is 0 Å². The van der Waals surface area contributed by atoms with E-state index in [-0.39, 0.29) is 10.9 Å². The SMILES string of the molecule is O=C(COC(=O)c1cc2cc(F)ccc2s1)NC(=O)NC1CCCC1. The summed E-state index contributed by atoms with van der Waals surface area (Å²) in [6, 6.07) is 5.23. The van der Waals surface area contributed by atoms with Gasteiger partial charge in [-0.05, 0) is 42.5 Å². The second-order valence-corrected chi connectivity index (χ2v) is 6.96. The second-order valence-electron chi connectivity index (χ2n) is 5.87. The number of benzene rings is 1.